The molecule has 0 aromatic carbocycles. The molecule has 0 aliphatic carbocycles. The Balaban J connectivity index is 3.85. The molecule has 3 N–H and O–H groups in total. The highest BCUT2D eigenvalue weighted by Crippen LogP contribution is 1.27. The van der Waals surface area contributed by atoms with Crippen LogP contribution in [-0.4, -0.2) is 9.54 Å². The number of thiol groups is 1. The van der Waals surface area contributed by atoms with Gasteiger partial charge in [-0.15, -0.1) is 0 Å². The lowest BCUT2D eigenvalue weighted by atomic mass is 13.0. The largest absolute Gasteiger partial charge is 0.258 e. The highest BCUT2D eigenvalue weighted by molar-refractivity contribution is 7.70. The van der Waals surface area contributed by atoms with Gasteiger partial charge in [-0.25, -0.2) is 8.42 Å². The average Bonchev–Trinajstić information content (AvgIpc) is 1.35. The zero-order valence-electron chi connectivity index (χ0n) is 3.30. The monoisotopic (exact) mass is 97.0 g/mol. The summed E-state index contributed by atoms with van der Waals surface area (Å²) in [4.78, 5) is 1.24. The van der Waals surface area contributed by atoms with Gasteiger partial charge in [0.05, 0.1) is 0 Å². The van der Waals surface area contributed by atoms with Crippen LogP contribution in [0.4, 0.5) is 0 Å². The SMILES string of the molecule is [2H]S(=O)(=O)NN. The molecule has 5 heavy (non-hydrogen) atoms. The lowest BCUT2D eigenvalue weighted by Gasteiger charge is -1.68. The number of hydrogen-bond donors (Lipinski definition) is 3. The Morgan fingerprint density at radius 2 is 2.20 bits per heavy atom. The van der Waals surface area contributed by atoms with E-state index in [1.54, 1.807) is 0 Å². The Hall–Kier alpha value is -0.130. The first kappa shape index (κ1) is 3.08. The predicted octanol–water partition coefficient (Wildman–Crippen LogP) is -2.02. The predicted molar refractivity (Wildman–Crippen MR) is 17.6 cm³/mol. The summed E-state index contributed by atoms with van der Waals surface area (Å²) < 4.78 is 24.8. The quantitative estimate of drug-likeness (QED) is 0.201. The first-order valence-electron chi connectivity index (χ1n) is 1.23. The summed E-state index contributed by atoms with van der Waals surface area (Å²) in [5.74, 6) is 4.28. The second kappa shape index (κ2) is 2.13. The van der Waals surface area contributed by atoms with Crippen LogP contribution < -0.4 is 10.7 Å². The zero-order valence-corrected chi connectivity index (χ0v) is 3.12. The molecule has 0 aliphatic rings. The minimum absolute atomic E-state index is 1.24. The van der Waals surface area contributed by atoms with Crippen LogP contribution in [0.2, 0.25) is 0 Å². The van der Waals surface area contributed by atoms with Gasteiger partial charge in [0.25, 0.3) is 0 Å². The fourth-order valence-corrected chi connectivity index (χ4v) is 0. The van der Waals surface area contributed by atoms with E-state index in [2.05, 4.69) is 5.84 Å². The summed E-state index contributed by atoms with van der Waals surface area (Å²) in [6.45, 7) is 0. The molecule has 5 heteroatoms. The van der Waals surface area contributed by atoms with E-state index in [1.165, 1.54) is 4.83 Å². The van der Waals surface area contributed by atoms with Gasteiger partial charge in [-0.2, -0.15) is 4.83 Å². The standard InChI is InChI=1S/H4N2O2S/c1-2-5(3)4/h5H,1H2,(H,2,3,4)/i5D. The maximum absolute atomic E-state index is 9.43. The van der Waals surface area contributed by atoms with Crippen molar-refractivity contribution >= 4 is 10.8 Å². The molecule has 0 spiro atoms. The summed E-state index contributed by atoms with van der Waals surface area (Å²) in [6.07, 6.45) is 0. The second-order valence-corrected chi connectivity index (χ2v) is 1.06. The summed E-state index contributed by atoms with van der Waals surface area (Å²) in [6, 6.07) is 0. The number of rotatable bonds is 1. The zero-order chi connectivity index (χ0) is 5.21. The molecule has 0 unspecified atom stereocenters. The van der Waals surface area contributed by atoms with E-state index in [1.807, 2.05) is 0 Å². The van der Waals surface area contributed by atoms with Crippen LogP contribution in [0.1, 0.15) is 0 Å². The van der Waals surface area contributed by atoms with Gasteiger partial charge in [0, 0.05) is 0 Å². The van der Waals surface area contributed by atoms with Crippen molar-refractivity contribution in [1.29, 1.82) is 1.12 Å². The van der Waals surface area contributed by atoms with Crippen LogP contribution in [-0.2, 0) is 10.8 Å². The molecule has 0 rings (SSSR count). The summed E-state index contributed by atoms with van der Waals surface area (Å²) in [7, 11) is -3.88. The van der Waals surface area contributed by atoms with Gasteiger partial charge >= 0.3 is 0 Å². The molecule has 0 saturated carbocycles. The summed E-state index contributed by atoms with van der Waals surface area (Å²) in [5, 5.41) is 0. The van der Waals surface area contributed by atoms with Gasteiger partial charge in [-0.1, -0.05) is 0 Å². The molecular weight excluding hydrogens is 92.1 g/mol. The van der Waals surface area contributed by atoms with Crippen molar-refractivity contribution in [2.75, 3.05) is 0 Å². The minimum atomic E-state index is -3.88. The Bertz CT molecular complexity index is 114. The van der Waals surface area contributed by atoms with Gasteiger partial charge in [0.1, 0.15) is 0 Å². The van der Waals surface area contributed by atoms with E-state index in [9.17, 15) is 8.42 Å². The molecule has 0 radical (unpaired) electrons. The van der Waals surface area contributed by atoms with E-state index >= 15 is 0 Å². The Morgan fingerprint density at radius 1 is 2.00 bits per heavy atom. The van der Waals surface area contributed by atoms with Gasteiger partial charge in [0.2, 0.25) is 10.8 Å². The molecule has 0 aromatic heterocycles. The molecule has 0 heterocycles. The van der Waals surface area contributed by atoms with Crippen molar-refractivity contribution in [3.05, 3.63) is 0 Å². The van der Waals surface area contributed by atoms with E-state index in [-0.39, 0.29) is 0 Å². The molecule has 0 atom stereocenters. The van der Waals surface area contributed by atoms with E-state index in [4.69, 9.17) is 1.12 Å². The third-order valence-electron chi connectivity index (χ3n) is 0.0962. The molecule has 0 amide bonds. The number of hydrogen-bond acceptors (Lipinski definition) is 3. The normalized spacial score (nSPS) is 14.2. The Kier molecular flexibility index (Phi) is 1.31. The maximum atomic E-state index is 9.43. The average molecular weight is 97.1 g/mol. The molecule has 0 fully saturated rings. The van der Waals surface area contributed by atoms with Crippen LogP contribution in [0, 0.1) is 0 Å². The van der Waals surface area contributed by atoms with Crippen molar-refractivity contribution in [2.45, 2.75) is 0 Å². The second-order valence-electron chi connectivity index (χ2n) is 0.353. The first-order valence-corrected chi connectivity index (χ1v) is 1.90. The van der Waals surface area contributed by atoms with Crippen LogP contribution in [0.3, 0.4) is 0 Å². The fourth-order valence-electron chi connectivity index (χ4n) is 0. The summed E-state index contributed by atoms with van der Waals surface area (Å²) >= 11 is 0. The topological polar surface area (TPSA) is 72.2 Å². The smallest absolute Gasteiger partial charge is 0.213 e. The van der Waals surface area contributed by atoms with Crippen LogP contribution in [0.15, 0.2) is 0 Å². The highest BCUT2D eigenvalue weighted by atomic mass is 32.2. The van der Waals surface area contributed by atoms with E-state index in [0.717, 1.165) is 0 Å². The van der Waals surface area contributed by atoms with Crippen LogP contribution in [0.25, 0.3) is 0 Å². The fraction of sp³-hybridized carbons (Fsp3) is 0. The van der Waals surface area contributed by atoms with Gasteiger partial charge in [-0.05, 0) is 0 Å². The van der Waals surface area contributed by atoms with Crippen molar-refractivity contribution in [3.8, 4) is 0 Å². The maximum Gasteiger partial charge on any atom is 0.213 e. The van der Waals surface area contributed by atoms with Crippen LogP contribution >= 0.6 is 0 Å². The lowest BCUT2D eigenvalue weighted by molar-refractivity contribution is 0.604. The molecule has 0 aliphatic heterocycles. The molecule has 32 valence electrons. The molecule has 0 bridgehead atoms. The van der Waals surface area contributed by atoms with Gasteiger partial charge in [0.15, 0.2) is 1.12 Å². The van der Waals surface area contributed by atoms with Crippen molar-refractivity contribution < 1.29 is 8.42 Å². The minimum Gasteiger partial charge on any atom is -0.258 e. The molecular formula is H4N2O2S. The van der Waals surface area contributed by atoms with Gasteiger partial charge < -0.3 is 0 Å². The Labute approximate surface area is 32.1 Å². The Morgan fingerprint density at radius 3 is 2.20 bits per heavy atom. The lowest BCUT2D eigenvalue weighted by Crippen LogP contribution is -2.18. The molecule has 0 saturated heterocycles. The summed E-state index contributed by atoms with van der Waals surface area (Å²) in [5.41, 5.74) is 0. The van der Waals surface area contributed by atoms with Crippen LogP contribution in [0.5, 0.6) is 0 Å². The van der Waals surface area contributed by atoms with E-state index < -0.39 is 10.8 Å². The van der Waals surface area contributed by atoms with E-state index in [0.29, 0.717) is 0 Å². The number of nitrogens with two attached hydrogens (primary N) is 1. The highest BCUT2D eigenvalue weighted by Gasteiger charge is 1.59. The third kappa shape index (κ3) is 3.87. The number of hydrazine groups is 1. The number of nitrogens with one attached hydrogen (secondary N) is 1. The van der Waals surface area contributed by atoms with Crippen molar-refractivity contribution in [2.24, 2.45) is 5.84 Å². The van der Waals surface area contributed by atoms with Crippen molar-refractivity contribution in [3.63, 3.8) is 0 Å². The first-order chi connectivity index (χ1) is 2.56. The molecule has 0 aromatic rings. The third-order valence-corrected chi connectivity index (χ3v) is 0.289. The van der Waals surface area contributed by atoms with Crippen molar-refractivity contribution in [1.82, 2.24) is 4.83 Å². The molecule has 4 nitrogen and oxygen atoms in total. The van der Waals surface area contributed by atoms with Gasteiger partial charge in [-0.3, -0.25) is 5.84 Å².